The molecule has 0 spiro atoms. The number of nitrogens with zero attached hydrogens (tertiary/aromatic N) is 2. The number of anilines is 2. The van der Waals surface area contributed by atoms with Crippen molar-refractivity contribution in [2.45, 2.75) is 26.7 Å². The van der Waals surface area contributed by atoms with E-state index in [4.69, 9.17) is 5.73 Å². The molecular weight excluding hydrogens is 413 g/mol. The van der Waals surface area contributed by atoms with E-state index in [2.05, 4.69) is 46.6 Å². The zero-order chi connectivity index (χ0) is 16.5. The molecule has 130 valence electrons. The van der Waals surface area contributed by atoms with Gasteiger partial charge >= 0.3 is 0 Å². The van der Waals surface area contributed by atoms with E-state index in [-0.39, 0.29) is 24.0 Å². The lowest BCUT2D eigenvalue weighted by Crippen LogP contribution is -2.23. The Balaban J connectivity index is 0.00000288. The van der Waals surface area contributed by atoms with E-state index >= 15 is 0 Å². The van der Waals surface area contributed by atoms with Crippen LogP contribution in [0.1, 0.15) is 24.0 Å². The summed E-state index contributed by atoms with van der Waals surface area (Å²) < 4.78 is 0. The summed E-state index contributed by atoms with van der Waals surface area (Å²) in [6.45, 7) is 5.78. The minimum Gasteiger partial charge on any atom is -0.370 e. The molecule has 2 aromatic rings. The molecule has 0 aliphatic carbocycles. The second-order valence-electron chi connectivity index (χ2n) is 5.54. The fraction of sp³-hybridized carbons (Fsp3) is 0.333. The van der Waals surface area contributed by atoms with Crippen molar-refractivity contribution in [3.05, 3.63) is 53.7 Å². The second-order valence-corrected chi connectivity index (χ2v) is 5.54. The molecular formula is C18H26IN5. The first-order valence-electron chi connectivity index (χ1n) is 7.94. The molecule has 2 rings (SSSR count). The lowest BCUT2D eigenvalue weighted by molar-refractivity contribution is 0.772. The zero-order valence-corrected chi connectivity index (χ0v) is 16.6. The number of aryl methyl sites for hydroxylation is 2. The maximum atomic E-state index is 5.91. The average Bonchev–Trinajstić information content (AvgIpc) is 2.55. The highest BCUT2D eigenvalue weighted by molar-refractivity contribution is 14.0. The van der Waals surface area contributed by atoms with Gasteiger partial charge in [-0.3, -0.25) is 4.99 Å². The summed E-state index contributed by atoms with van der Waals surface area (Å²) in [6, 6.07) is 12.0. The Kier molecular flexibility index (Phi) is 9.14. The van der Waals surface area contributed by atoms with Crippen molar-refractivity contribution >= 4 is 41.4 Å². The Labute approximate surface area is 161 Å². The molecule has 0 fully saturated rings. The van der Waals surface area contributed by atoms with Crippen LogP contribution in [0, 0.1) is 13.8 Å². The Morgan fingerprint density at radius 2 is 1.96 bits per heavy atom. The third-order valence-corrected chi connectivity index (χ3v) is 3.62. The maximum absolute atomic E-state index is 5.91. The molecule has 1 heterocycles. The van der Waals surface area contributed by atoms with Crippen molar-refractivity contribution in [1.82, 2.24) is 4.98 Å². The number of hydrogen-bond acceptors (Lipinski definition) is 3. The Morgan fingerprint density at radius 3 is 2.67 bits per heavy atom. The number of nitrogens with two attached hydrogens (primary N) is 1. The number of rotatable bonds is 7. The summed E-state index contributed by atoms with van der Waals surface area (Å²) in [5.41, 5.74) is 9.40. The molecule has 0 aliphatic rings. The van der Waals surface area contributed by atoms with Crippen molar-refractivity contribution < 1.29 is 0 Å². The standard InChI is InChI=1S/C18H25N5.HI/c1-14-8-9-16(13-15(14)2)23-18(19)22-12-6-5-11-21-17-7-3-4-10-20-17;/h3-4,7-10,13H,5-6,11-12H2,1-2H3,(H,20,21)(H3,19,22,23);1H. The van der Waals surface area contributed by atoms with Gasteiger partial charge in [-0.2, -0.15) is 0 Å². The molecule has 0 bridgehead atoms. The minimum absolute atomic E-state index is 0. The average molecular weight is 439 g/mol. The van der Waals surface area contributed by atoms with Crippen LogP contribution in [0.4, 0.5) is 11.5 Å². The Bertz CT molecular complexity index is 643. The van der Waals surface area contributed by atoms with Crippen LogP contribution in [0.2, 0.25) is 0 Å². The number of nitrogens with one attached hydrogen (secondary N) is 2. The quantitative estimate of drug-likeness (QED) is 0.265. The van der Waals surface area contributed by atoms with Crippen molar-refractivity contribution in [3.63, 3.8) is 0 Å². The monoisotopic (exact) mass is 439 g/mol. The van der Waals surface area contributed by atoms with Crippen LogP contribution in [0.3, 0.4) is 0 Å². The SMILES string of the molecule is Cc1ccc(NC(N)=NCCCCNc2ccccn2)cc1C.I. The van der Waals surface area contributed by atoms with Crippen LogP contribution in [0.25, 0.3) is 0 Å². The molecule has 6 heteroatoms. The summed E-state index contributed by atoms with van der Waals surface area (Å²) in [5.74, 6) is 1.37. The number of unbranched alkanes of at least 4 members (excludes halogenated alkanes) is 1. The first-order chi connectivity index (χ1) is 11.1. The van der Waals surface area contributed by atoms with Crippen LogP contribution in [0.5, 0.6) is 0 Å². The first-order valence-corrected chi connectivity index (χ1v) is 7.94. The first kappa shape index (κ1) is 20.2. The van der Waals surface area contributed by atoms with Gasteiger partial charge < -0.3 is 16.4 Å². The van der Waals surface area contributed by atoms with Crippen LogP contribution in [-0.2, 0) is 0 Å². The van der Waals surface area contributed by atoms with E-state index in [0.29, 0.717) is 12.5 Å². The van der Waals surface area contributed by atoms with E-state index in [1.54, 1.807) is 6.20 Å². The van der Waals surface area contributed by atoms with Crippen LogP contribution >= 0.6 is 24.0 Å². The highest BCUT2D eigenvalue weighted by Gasteiger charge is 1.98. The third-order valence-electron chi connectivity index (χ3n) is 3.62. The van der Waals surface area contributed by atoms with Gasteiger partial charge in [-0.25, -0.2) is 4.98 Å². The summed E-state index contributed by atoms with van der Waals surface area (Å²) in [5, 5.41) is 6.41. The minimum atomic E-state index is 0. The largest absolute Gasteiger partial charge is 0.370 e. The van der Waals surface area contributed by atoms with Gasteiger partial charge in [-0.15, -0.1) is 24.0 Å². The maximum Gasteiger partial charge on any atom is 0.193 e. The highest BCUT2D eigenvalue weighted by Crippen LogP contribution is 2.13. The highest BCUT2D eigenvalue weighted by atomic mass is 127. The molecule has 0 radical (unpaired) electrons. The number of pyridine rings is 1. The summed E-state index contributed by atoms with van der Waals surface area (Å²) >= 11 is 0. The van der Waals surface area contributed by atoms with Gasteiger partial charge in [0.25, 0.3) is 0 Å². The lowest BCUT2D eigenvalue weighted by Gasteiger charge is -2.08. The fourth-order valence-corrected chi connectivity index (χ4v) is 2.13. The molecule has 0 atom stereocenters. The summed E-state index contributed by atoms with van der Waals surface area (Å²) in [4.78, 5) is 8.57. The van der Waals surface area contributed by atoms with Crippen molar-refractivity contribution in [1.29, 1.82) is 0 Å². The predicted molar refractivity (Wildman–Crippen MR) is 113 cm³/mol. The smallest absolute Gasteiger partial charge is 0.193 e. The van der Waals surface area contributed by atoms with E-state index in [1.165, 1.54) is 11.1 Å². The van der Waals surface area contributed by atoms with E-state index in [1.807, 2.05) is 24.3 Å². The van der Waals surface area contributed by atoms with Gasteiger partial charge in [-0.1, -0.05) is 12.1 Å². The number of hydrogen-bond donors (Lipinski definition) is 3. The van der Waals surface area contributed by atoms with Gasteiger partial charge in [0, 0.05) is 25.0 Å². The lowest BCUT2D eigenvalue weighted by atomic mass is 10.1. The number of aliphatic imine (C=N–C) groups is 1. The molecule has 0 saturated heterocycles. The molecule has 0 unspecified atom stereocenters. The van der Waals surface area contributed by atoms with Crippen molar-refractivity contribution in [2.24, 2.45) is 10.7 Å². The fourth-order valence-electron chi connectivity index (χ4n) is 2.13. The molecule has 0 aliphatic heterocycles. The number of benzene rings is 1. The van der Waals surface area contributed by atoms with E-state index in [9.17, 15) is 0 Å². The van der Waals surface area contributed by atoms with Gasteiger partial charge in [0.2, 0.25) is 0 Å². The molecule has 1 aromatic carbocycles. The molecule has 1 aromatic heterocycles. The van der Waals surface area contributed by atoms with Gasteiger partial charge in [-0.05, 0) is 62.1 Å². The summed E-state index contributed by atoms with van der Waals surface area (Å²) in [7, 11) is 0. The van der Waals surface area contributed by atoms with Crippen LogP contribution in [0.15, 0.2) is 47.6 Å². The zero-order valence-electron chi connectivity index (χ0n) is 14.2. The molecule has 4 N–H and O–H groups in total. The van der Waals surface area contributed by atoms with Crippen molar-refractivity contribution in [2.75, 3.05) is 23.7 Å². The number of aromatic nitrogens is 1. The molecule has 0 saturated carbocycles. The molecule has 0 amide bonds. The van der Waals surface area contributed by atoms with Gasteiger partial charge in [0.05, 0.1) is 0 Å². The van der Waals surface area contributed by atoms with E-state index in [0.717, 1.165) is 30.9 Å². The second kappa shape index (κ2) is 10.9. The number of halogens is 1. The summed E-state index contributed by atoms with van der Waals surface area (Å²) in [6.07, 6.45) is 3.79. The Morgan fingerprint density at radius 1 is 1.12 bits per heavy atom. The van der Waals surface area contributed by atoms with Gasteiger partial charge in [0.15, 0.2) is 5.96 Å². The number of guanidine groups is 1. The van der Waals surface area contributed by atoms with Crippen LogP contribution in [-0.4, -0.2) is 24.0 Å². The predicted octanol–water partition coefficient (Wildman–Crippen LogP) is 3.94. The third kappa shape index (κ3) is 7.16. The van der Waals surface area contributed by atoms with Gasteiger partial charge in [0.1, 0.15) is 5.82 Å². The normalized spacial score (nSPS) is 10.8. The molecule has 5 nitrogen and oxygen atoms in total. The molecule has 24 heavy (non-hydrogen) atoms. The Hall–Kier alpha value is -1.83. The van der Waals surface area contributed by atoms with E-state index < -0.39 is 0 Å². The van der Waals surface area contributed by atoms with Crippen molar-refractivity contribution in [3.8, 4) is 0 Å². The topological polar surface area (TPSA) is 75.3 Å². The van der Waals surface area contributed by atoms with Crippen LogP contribution < -0.4 is 16.4 Å².